The largest absolute Gasteiger partial charge is 0.504 e. The highest BCUT2D eigenvalue weighted by Gasteiger charge is 2.32. The molecule has 0 aliphatic heterocycles. The van der Waals surface area contributed by atoms with Crippen LogP contribution < -0.4 is 0 Å². The van der Waals surface area contributed by atoms with E-state index >= 15 is 0 Å². The molecule has 0 saturated carbocycles. The quantitative estimate of drug-likeness (QED) is 0.164. The minimum Gasteiger partial charge on any atom is -0.504 e. The van der Waals surface area contributed by atoms with Crippen LogP contribution in [0.4, 0.5) is 0 Å². The van der Waals surface area contributed by atoms with Crippen LogP contribution in [0.1, 0.15) is 63.1 Å². The van der Waals surface area contributed by atoms with Crippen molar-refractivity contribution in [3.8, 4) is 11.5 Å². The summed E-state index contributed by atoms with van der Waals surface area (Å²) in [5.41, 5.74) is 3.21. The van der Waals surface area contributed by atoms with E-state index in [0.717, 1.165) is 66.4 Å². The Bertz CT molecular complexity index is 1400. The van der Waals surface area contributed by atoms with Crippen LogP contribution in [0.3, 0.4) is 0 Å². The first kappa shape index (κ1) is 27.1. The van der Waals surface area contributed by atoms with Gasteiger partial charge in [0.05, 0.1) is 5.54 Å². The van der Waals surface area contributed by atoms with E-state index in [2.05, 4.69) is 61.9 Å². The minimum atomic E-state index is -0.663. The molecule has 2 N–H and O–H groups in total. The number of para-hydroxylation sites is 1. The Labute approximate surface area is 225 Å². The number of amides is 1. The Balaban J connectivity index is 1.68. The lowest BCUT2D eigenvalue weighted by Gasteiger charge is -2.34. The normalized spacial score (nSPS) is 13.1. The summed E-state index contributed by atoms with van der Waals surface area (Å²) in [6.45, 7) is 7.98. The number of hydrogen-bond acceptors (Lipinski definition) is 3. The van der Waals surface area contributed by atoms with Crippen molar-refractivity contribution in [1.82, 2.24) is 9.47 Å². The van der Waals surface area contributed by atoms with Crippen LogP contribution in [0.2, 0.25) is 0 Å². The summed E-state index contributed by atoms with van der Waals surface area (Å²) in [4.78, 5) is 14.8. The van der Waals surface area contributed by atoms with E-state index in [1.165, 1.54) is 6.07 Å². The Hall–Kier alpha value is -3.99. The number of benzene rings is 3. The molecule has 0 fully saturated rings. The van der Waals surface area contributed by atoms with Gasteiger partial charge in [0, 0.05) is 30.9 Å². The molecule has 1 atom stereocenters. The maximum Gasteiger partial charge on any atom is 0.246 e. The summed E-state index contributed by atoms with van der Waals surface area (Å²) in [7, 11) is 0. The van der Waals surface area contributed by atoms with Gasteiger partial charge in [-0.05, 0) is 72.2 Å². The predicted molar refractivity (Wildman–Crippen MR) is 155 cm³/mol. The second-order valence-corrected chi connectivity index (χ2v) is 10.0. The Morgan fingerprint density at radius 1 is 0.868 bits per heavy atom. The lowest BCUT2D eigenvalue weighted by atomic mass is 9.83. The summed E-state index contributed by atoms with van der Waals surface area (Å²) in [6.07, 6.45) is 9.77. The molecule has 1 amide bonds. The van der Waals surface area contributed by atoms with Gasteiger partial charge in [-0.25, -0.2) is 0 Å². The molecule has 0 spiro atoms. The van der Waals surface area contributed by atoms with Crippen molar-refractivity contribution in [2.45, 2.75) is 52.0 Å². The molecule has 1 heterocycles. The fraction of sp³-hybridized carbons (Fsp3) is 0.303. The van der Waals surface area contributed by atoms with Gasteiger partial charge in [-0.2, -0.15) is 0 Å². The van der Waals surface area contributed by atoms with Crippen LogP contribution in [0.25, 0.3) is 17.0 Å². The molecule has 38 heavy (non-hydrogen) atoms. The van der Waals surface area contributed by atoms with E-state index in [1.54, 1.807) is 12.1 Å². The first-order valence-corrected chi connectivity index (χ1v) is 13.5. The van der Waals surface area contributed by atoms with Gasteiger partial charge in [0.25, 0.3) is 0 Å². The third kappa shape index (κ3) is 5.62. The highest BCUT2D eigenvalue weighted by Crippen LogP contribution is 2.40. The number of fused-ring (bicyclic) bond motifs is 1. The van der Waals surface area contributed by atoms with Crippen LogP contribution >= 0.6 is 0 Å². The van der Waals surface area contributed by atoms with Gasteiger partial charge in [-0.1, -0.05) is 75.2 Å². The number of phenolic OH excluding ortho intramolecular Hbond substituents is 2. The number of carbonyl (C=O) groups is 1. The summed E-state index contributed by atoms with van der Waals surface area (Å²) in [5.74, 6) is -0.247. The van der Waals surface area contributed by atoms with Crippen molar-refractivity contribution in [1.29, 1.82) is 0 Å². The first-order chi connectivity index (χ1) is 18.4. The molecule has 198 valence electrons. The van der Waals surface area contributed by atoms with E-state index in [-0.39, 0.29) is 17.4 Å². The van der Waals surface area contributed by atoms with Crippen molar-refractivity contribution in [2.75, 3.05) is 13.1 Å². The number of unbranched alkanes of at least 4 members (excludes halogenated alkanes) is 2. The Kier molecular flexibility index (Phi) is 8.57. The van der Waals surface area contributed by atoms with Gasteiger partial charge < -0.3 is 19.7 Å². The lowest BCUT2D eigenvalue weighted by molar-refractivity contribution is -0.126. The van der Waals surface area contributed by atoms with Crippen molar-refractivity contribution < 1.29 is 15.0 Å². The highest BCUT2D eigenvalue weighted by atomic mass is 16.3. The summed E-state index contributed by atoms with van der Waals surface area (Å²) in [5, 5.41) is 21.4. The predicted octanol–water partition coefficient (Wildman–Crippen LogP) is 7.31. The Morgan fingerprint density at radius 3 is 2.18 bits per heavy atom. The van der Waals surface area contributed by atoms with E-state index < -0.39 is 5.54 Å². The van der Waals surface area contributed by atoms with Gasteiger partial charge in [-0.15, -0.1) is 0 Å². The van der Waals surface area contributed by atoms with Crippen LogP contribution in [0.5, 0.6) is 11.5 Å². The van der Waals surface area contributed by atoms with Crippen LogP contribution in [-0.2, 0) is 10.3 Å². The molecule has 0 aliphatic rings. The first-order valence-electron chi connectivity index (χ1n) is 13.5. The van der Waals surface area contributed by atoms with Crippen LogP contribution in [-0.4, -0.2) is 38.7 Å². The molecule has 4 aromatic rings. The Morgan fingerprint density at radius 2 is 1.53 bits per heavy atom. The second kappa shape index (κ2) is 12.0. The monoisotopic (exact) mass is 510 g/mol. The van der Waals surface area contributed by atoms with Gasteiger partial charge in [0.2, 0.25) is 5.91 Å². The molecular formula is C33H38N2O3. The van der Waals surface area contributed by atoms with Crippen LogP contribution in [0, 0.1) is 0 Å². The van der Waals surface area contributed by atoms with Crippen LogP contribution in [0.15, 0.2) is 85.1 Å². The van der Waals surface area contributed by atoms with Crippen molar-refractivity contribution in [3.05, 3.63) is 102 Å². The van der Waals surface area contributed by atoms with Crippen molar-refractivity contribution in [3.63, 3.8) is 0 Å². The highest BCUT2D eigenvalue weighted by molar-refractivity contribution is 5.91. The third-order valence-corrected chi connectivity index (χ3v) is 7.38. The molecule has 1 unspecified atom stereocenters. The molecule has 0 radical (unpaired) electrons. The standard InChI is InChI=1S/C33H38N2O3/c1-4-6-21-34(22-7-5-2)32(38)19-14-25-12-15-27(16-13-25)33(3,28-17-18-30(36)31(37)24-28)35-23-20-26-10-8-9-11-29(26)35/h8-20,23-24,36-37H,4-7,21-22H2,1-3H3. The van der Waals surface area contributed by atoms with Gasteiger partial charge in [0.15, 0.2) is 11.5 Å². The number of aromatic nitrogens is 1. The fourth-order valence-electron chi connectivity index (χ4n) is 4.97. The van der Waals surface area contributed by atoms with Gasteiger partial charge >= 0.3 is 0 Å². The summed E-state index contributed by atoms with van der Waals surface area (Å²) in [6, 6.07) is 23.4. The van der Waals surface area contributed by atoms with Crippen molar-refractivity contribution in [2.24, 2.45) is 0 Å². The summed E-state index contributed by atoms with van der Waals surface area (Å²) < 4.78 is 2.20. The average Bonchev–Trinajstić information content (AvgIpc) is 3.38. The number of carbonyl (C=O) groups excluding carboxylic acids is 1. The zero-order valence-electron chi connectivity index (χ0n) is 22.6. The maximum atomic E-state index is 12.9. The molecular weight excluding hydrogens is 472 g/mol. The molecule has 0 aliphatic carbocycles. The molecule has 0 saturated heterocycles. The van der Waals surface area contributed by atoms with Gasteiger partial charge in [-0.3, -0.25) is 4.79 Å². The number of nitrogens with zero attached hydrogens (tertiary/aromatic N) is 2. The number of phenols is 2. The molecule has 5 heteroatoms. The molecule has 0 bridgehead atoms. The third-order valence-electron chi connectivity index (χ3n) is 7.38. The molecule has 1 aromatic heterocycles. The van der Waals surface area contributed by atoms with Gasteiger partial charge in [0.1, 0.15) is 0 Å². The number of hydrogen-bond donors (Lipinski definition) is 2. The van der Waals surface area contributed by atoms with E-state index in [9.17, 15) is 15.0 Å². The van der Waals surface area contributed by atoms with Crippen molar-refractivity contribution >= 4 is 22.9 Å². The minimum absolute atomic E-state index is 0.0548. The summed E-state index contributed by atoms with van der Waals surface area (Å²) >= 11 is 0. The smallest absolute Gasteiger partial charge is 0.246 e. The van der Waals surface area contributed by atoms with E-state index in [0.29, 0.717) is 0 Å². The zero-order valence-corrected chi connectivity index (χ0v) is 22.6. The lowest BCUT2D eigenvalue weighted by Crippen LogP contribution is -2.32. The molecule has 5 nitrogen and oxygen atoms in total. The zero-order chi connectivity index (χ0) is 27.1. The second-order valence-electron chi connectivity index (χ2n) is 10.0. The van der Waals surface area contributed by atoms with E-state index in [1.807, 2.05) is 41.3 Å². The molecule has 4 rings (SSSR count). The number of rotatable bonds is 11. The van der Waals surface area contributed by atoms with E-state index in [4.69, 9.17) is 0 Å². The topological polar surface area (TPSA) is 65.7 Å². The average molecular weight is 511 g/mol. The fourth-order valence-corrected chi connectivity index (χ4v) is 4.97. The molecule has 3 aromatic carbocycles. The number of aromatic hydroxyl groups is 2. The SMILES string of the molecule is CCCCN(CCCC)C(=O)C=Cc1ccc(C(C)(c2ccc(O)c(O)c2)n2ccc3ccccc32)cc1. The maximum absolute atomic E-state index is 12.9.